The van der Waals surface area contributed by atoms with E-state index in [9.17, 15) is 14.4 Å². The molecule has 0 aromatic rings. The van der Waals surface area contributed by atoms with Crippen LogP contribution in [0.2, 0.25) is 0 Å². The Morgan fingerprint density at radius 1 is 1.41 bits per heavy atom. The highest BCUT2D eigenvalue weighted by molar-refractivity contribution is 5.87. The number of carboxylic acid groups (broad SMARTS) is 1. The molecule has 1 saturated carbocycles. The van der Waals surface area contributed by atoms with Crippen LogP contribution < -0.4 is 10.6 Å². The number of hydrogen-bond acceptors (Lipinski definition) is 5. The van der Waals surface area contributed by atoms with Crippen LogP contribution in [0.15, 0.2) is 0 Å². The molecule has 1 rings (SSSR count). The number of amides is 1. The minimum atomic E-state index is -1.25. The summed E-state index contributed by atoms with van der Waals surface area (Å²) >= 11 is 0. The third-order valence-electron chi connectivity index (χ3n) is 2.36. The number of ether oxygens (including phenoxy) is 1. The lowest BCUT2D eigenvalue weighted by Gasteiger charge is -2.13. The van der Waals surface area contributed by atoms with E-state index < -0.39 is 23.9 Å². The number of carbonyl (C=O) groups is 3. The maximum atomic E-state index is 11.4. The Balaban J connectivity index is 2.33. The highest BCUT2D eigenvalue weighted by atomic mass is 16.5. The van der Waals surface area contributed by atoms with Crippen molar-refractivity contribution in [1.29, 1.82) is 0 Å². The minimum absolute atomic E-state index is 0.0651. The molecule has 0 spiro atoms. The molecule has 0 unspecified atom stereocenters. The van der Waals surface area contributed by atoms with Gasteiger partial charge in [0.2, 0.25) is 5.91 Å². The second-order valence-corrected chi connectivity index (χ2v) is 3.89. The van der Waals surface area contributed by atoms with Gasteiger partial charge in [-0.25, -0.2) is 4.79 Å². The van der Waals surface area contributed by atoms with Gasteiger partial charge in [0.15, 0.2) is 0 Å². The lowest BCUT2D eigenvalue weighted by molar-refractivity contribution is -0.148. The van der Waals surface area contributed by atoms with Crippen LogP contribution in [0.3, 0.4) is 0 Å². The Bertz CT molecular complexity index is 314. The van der Waals surface area contributed by atoms with Crippen LogP contribution in [0, 0.1) is 0 Å². The van der Waals surface area contributed by atoms with E-state index in [1.807, 2.05) is 0 Å². The fourth-order valence-corrected chi connectivity index (χ4v) is 1.22. The smallest absolute Gasteiger partial charge is 0.326 e. The third-order valence-corrected chi connectivity index (χ3v) is 2.36. The van der Waals surface area contributed by atoms with Gasteiger partial charge in [-0.15, -0.1) is 0 Å². The highest BCUT2D eigenvalue weighted by Gasteiger charge is 2.25. The lowest BCUT2D eigenvalue weighted by atomic mass is 10.2. The molecule has 1 aliphatic rings. The zero-order valence-corrected chi connectivity index (χ0v) is 9.56. The van der Waals surface area contributed by atoms with Gasteiger partial charge in [0.05, 0.1) is 20.1 Å². The molecule has 7 nitrogen and oxygen atoms in total. The summed E-state index contributed by atoms with van der Waals surface area (Å²) in [7, 11) is 1.16. The molecule has 17 heavy (non-hydrogen) atoms. The fraction of sp³-hybridized carbons (Fsp3) is 0.700. The molecule has 96 valence electrons. The monoisotopic (exact) mass is 244 g/mol. The van der Waals surface area contributed by atoms with Crippen molar-refractivity contribution in [2.75, 3.05) is 13.7 Å². The number of hydrogen-bond donors (Lipinski definition) is 3. The normalized spacial score (nSPS) is 16.1. The molecule has 0 aromatic heterocycles. The van der Waals surface area contributed by atoms with E-state index >= 15 is 0 Å². The fourth-order valence-electron chi connectivity index (χ4n) is 1.22. The quantitative estimate of drug-likeness (QED) is 0.489. The molecule has 7 heteroatoms. The van der Waals surface area contributed by atoms with Crippen LogP contribution in [0.5, 0.6) is 0 Å². The van der Waals surface area contributed by atoms with E-state index in [-0.39, 0.29) is 13.0 Å². The summed E-state index contributed by atoms with van der Waals surface area (Å²) in [5.41, 5.74) is 0. The average Bonchev–Trinajstić information content (AvgIpc) is 3.08. The molecule has 0 heterocycles. The van der Waals surface area contributed by atoms with Crippen molar-refractivity contribution in [3.63, 3.8) is 0 Å². The number of methoxy groups -OCH3 is 1. The highest BCUT2D eigenvalue weighted by Crippen LogP contribution is 2.17. The first-order valence-electron chi connectivity index (χ1n) is 5.35. The lowest BCUT2D eigenvalue weighted by Crippen LogP contribution is -2.46. The molecule has 0 aromatic carbocycles. The SMILES string of the molecule is COC(=O)C[C@H](NC(=O)CNC1CC1)C(=O)O. The molecule has 1 amide bonds. The summed E-state index contributed by atoms with van der Waals surface area (Å²) in [6.07, 6.45) is 1.70. The topological polar surface area (TPSA) is 105 Å². The summed E-state index contributed by atoms with van der Waals surface area (Å²) in [5, 5.41) is 14.0. The van der Waals surface area contributed by atoms with E-state index in [1.165, 1.54) is 0 Å². The molecule has 1 atom stereocenters. The van der Waals surface area contributed by atoms with Crippen LogP contribution in [-0.4, -0.2) is 48.7 Å². The zero-order valence-electron chi connectivity index (χ0n) is 9.56. The number of carboxylic acids is 1. The Morgan fingerprint density at radius 2 is 2.06 bits per heavy atom. The molecule has 3 N–H and O–H groups in total. The molecular formula is C10H16N2O5. The summed E-state index contributed by atoms with van der Waals surface area (Å²) in [5.74, 6) is -2.36. The van der Waals surface area contributed by atoms with Gasteiger partial charge in [-0.3, -0.25) is 9.59 Å². The molecule has 1 aliphatic carbocycles. The predicted molar refractivity (Wildman–Crippen MR) is 57.2 cm³/mol. The van der Waals surface area contributed by atoms with Crippen LogP contribution in [-0.2, 0) is 19.1 Å². The van der Waals surface area contributed by atoms with Gasteiger partial charge in [0.25, 0.3) is 0 Å². The Kier molecular flexibility index (Phi) is 4.89. The van der Waals surface area contributed by atoms with E-state index in [4.69, 9.17) is 5.11 Å². The van der Waals surface area contributed by atoms with Crippen molar-refractivity contribution in [3.8, 4) is 0 Å². The average molecular weight is 244 g/mol. The summed E-state index contributed by atoms with van der Waals surface area (Å²) < 4.78 is 4.35. The van der Waals surface area contributed by atoms with Gasteiger partial charge in [-0.2, -0.15) is 0 Å². The standard InChI is InChI=1S/C10H16N2O5/c1-17-9(14)4-7(10(15)16)12-8(13)5-11-6-2-3-6/h6-7,11H,2-5H2,1H3,(H,12,13)(H,15,16)/t7-/m0/s1. The number of carbonyl (C=O) groups excluding carboxylic acids is 2. The van der Waals surface area contributed by atoms with Gasteiger partial charge in [-0.05, 0) is 12.8 Å². The van der Waals surface area contributed by atoms with Gasteiger partial charge in [0.1, 0.15) is 6.04 Å². The van der Waals surface area contributed by atoms with E-state index in [0.717, 1.165) is 20.0 Å². The van der Waals surface area contributed by atoms with Crippen molar-refractivity contribution in [1.82, 2.24) is 10.6 Å². The molecule has 0 radical (unpaired) electrons. The number of nitrogens with one attached hydrogen (secondary N) is 2. The molecule has 1 fully saturated rings. The van der Waals surface area contributed by atoms with Crippen molar-refractivity contribution >= 4 is 17.8 Å². The minimum Gasteiger partial charge on any atom is -0.480 e. The second-order valence-electron chi connectivity index (χ2n) is 3.89. The van der Waals surface area contributed by atoms with Gasteiger partial charge in [-0.1, -0.05) is 0 Å². The summed E-state index contributed by atoms with van der Waals surface area (Å²) in [4.78, 5) is 33.1. The van der Waals surface area contributed by atoms with E-state index in [1.54, 1.807) is 0 Å². The van der Waals surface area contributed by atoms with Gasteiger partial charge in [0, 0.05) is 6.04 Å². The van der Waals surface area contributed by atoms with Gasteiger partial charge < -0.3 is 20.5 Å². The largest absolute Gasteiger partial charge is 0.480 e. The van der Waals surface area contributed by atoms with E-state index in [0.29, 0.717) is 6.04 Å². The summed E-state index contributed by atoms with van der Waals surface area (Å²) in [6.45, 7) is 0.0651. The third kappa shape index (κ3) is 5.30. The molecule has 0 bridgehead atoms. The summed E-state index contributed by atoms with van der Waals surface area (Å²) in [6, 6.07) is -0.874. The van der Waals surface area contributed by atoms with E-state index in [2.05, 4.69) is 15.4 Å². The van der Waals surface area contributed by atoms with Crippen molar-refractivity contribution in [2.24, 2.45) is 0 Å². The van der Waals surface area contributed by atoms with Crippen molar-refractivity contribution < 1.29 is 24.2 Å². The Hall–Kier alpha value is -1.63. The first-order chi connectivity index (χ1) is 8.02. The zero-order chi connectivity index (χ0) is 12.8. The van der Waals surface area contributed by atoms with Crippen LogP contribution in [0.4, 0.5) is 0 Å². The van der Waals surface area contributed by atoms with Crippen LogP contribution >= 0.6 is 0 Å². The predicted octanol–water partition coefficient (Wildman–Crippen LogP) is -1.13. The molecule has 0 aliphatic heterocycles. The van der Waals surface area contributed by atoms with Crippen LogP contribution in [0.25, 0.3) is 0 Å². The number of aliphatic carboxylic acids is 1. The Morgan fingerprint density at radius 3 is 2.53 bits per heavy atom. The molecule has 0 saturated heterocycles. The first kappa shape index (κ1) is 13.4. The van der Waals surface area contributed by atoms with Crippen molar-refractivity contribution in [2.45, 2.75) is 31.3 Å². The maximum absolute atomic E-state index is 11.4. The Labute approximate surface area is 98.5 Å². The number of esters is 1. The van der Waals surface area contributed by atoms with Crippen LogP contribution in [0.1, 0.15) is 19.3 Å². The number of rotatable bonds is 7. The second kappa shape index (κ2) is 6.19. The van der Waals surface area contributed by atoms with Crippen molar-refractivity contribution in [3.05, 3.63) is 0 Å². The molecular weight excluding hydrogens is 228 g/mol. The maximum Gasteiger partial charge on any atom is 0.326 e. The van der Waals surface area contributed by atoms with Gasteiger partial charge >= 0.3 is 11.9 Å². The first-order valence-corrected chi connectivity index (χ1v) is 5.35.